The Balaban J connectivity index is 2.47. The van der Waals surface area contributed by atoms with E-state index in [0.717, 1.165) is 11.1 Å². The molecule has 0 aromatic heterocycles. The largest absolute Gasteiger partial charge is 0.493 e. The van der Waals surface area contributed by atoms with E-state index in [-0.39, 0.29) is 0 Å². The van der Waals surface area contributed by atoms with E-state index in [2.05, 4.69) is 13.8 Å². The maximum atomic E-state index is 9.52. The monoisotopic (exact) mass is 270 g/mol. The van der Waals surface area contributed by atoms with E-state index in [4.69, 9.17) is 4.74 Å². The average molecular weight is 270 g/mol. The fourth-order valence-corrected chi connectivity index (χ4v) is 2.01. The van der Waals surface area contributed by atoms with Gasteiger partial charge in [0.1, 0.15) is 5.75 Å². The first kappa shape index (κ1) is 14.6. The van der Waals surface area contributed by atoms with E-state index in [9.17, 15) is 10.0 Å². The van der Waals surface area contributed by atoms with Crippen LogP contribution in [0.25, 0.3) is 11.1 Å². The van der Waals surface area contributed by atoms with Crippen molar-refractivity contribution < 1.29 is 14.8 Å². The summed E-state index contributed by atoms with van der Waals surface area (Å²) >= 11 is 0. The van der Waals surface area contributed by atoms with Gasteiger partial charge in [-0.2, -0.15) is 0 Å². The third-order valence-corrected chi connectivity index (χ3v) is 2.97. The topological polar surface area (TPSA) is 49.7 Å². The highest BCUT2D eigenvalue weighted by molar-refractivity contribution is 6.60. The van der Waals surface area contributed by atoms with Gasteiger partial charge in [-0.05, 0) is 11.5 Å². The molecule has 3 nitrogen and oxygen atoms in total. The molecular weight excluding hydrogens is 251 g/mol. The third-order valence-electron chi connectivity index (χ3n) is 2.97. The number of hydrogen-bond acceptors (Lipinski definition) is 3. The molecule has 4 heteroatoms. The zero-order chi connectivity index (χ0) is 14.5. The molecule has 0 amide bonds. The molecular formula is C16H19BO3. The lowest BCUT2D eigenvalue weighted by Crippen LogP contribution is -2.32. The van der Waals surface area contributed by atoms with Gasteiger partial charge in [0.15, 0.2) is 0 Å². The fraction of sp³-hybridized carbons (Fsp3) is 0.250. The summed E-state index contributed by atoms with van der Waals surface area (Å²) in [5.74, 6) is 0.907. The van der Waals surface area contributed by atoms with Crippen LogP contribution in [0.1, 0.15) is 13.8 Å². The number of rotatable bonds is 5. The van der Waals surface area contributed by atoms with Crippen LogP contribution in [0, 0.1) is 5.92 Å². The lowest BCUT2D eigenvalue weighted by Gasteiger charge is -2.17. The van der Waals surface area contributed by atoms with Crippen molar-refractivity contribution in [2.24, 2.45) is 5.92 Å². The molecule has 2 aromatic carbocycles. The quantitative estimate of drug-likeness (QED) is 0.818. The molecule has 104 valence electrons. The van der Waals surface area contributed by atoms with Crippen molar-refractivity contribution in [1.82, 2.24) is 0 Å². The van der Waals surface area contributed by atoms with Crippen molar-refractivity contribution in [3.8, 4) is 16.9 Å². The minimum Gasteiger partial charge on any atom is -0.493 e. The summed E-state index contributed by atoms with van der Waals surface area (Å²) in [5.41, 5.74) is 2.26. The number of ether oxygens (including phenoxy) is 1. The van der Waals surface area contributed by atoms with E-state index < -0.39 is 7.12 Å². The van der Waals surface area contributed by atoms with E-state index in [1.54, 1.807) is 12.1 Å². The predicted molar refractivity (Wildman–Crippen MR) is 82.0 cm³/mol. The second kappa shape index (κ2) is 6.59. The van der Waals surface area contributed by atoms with Crippen LogP contribution in [-0.4, -0.2) is 23.8 Å². The summed E-state index contributed by atoms with van der Waals surface area (Å²) < 4.78 is 5.83. The smallest absolute Gasteiger partial charge is 0.492 e. The first-order chi connectivity index (χ1) is 9.59. The number of hydrogen-bond donors (Lipinski definition) is 2. The third kappa shape index (κ3) is 3.41. The van der Waals surface area contributed by atoms with Crippen molar-refractivity contribution in [3.05, 3.63) is 48.5 Å². The van der Waals surface area contributed by atoms with Crippen LogP contribution < -0.4 is 10.2 Å². The van der Waals surface area contributed by atoms with E-state index in [1.165, 1.54) is 0 Å². The van der Waals surface area contributed by atoms with Crippen LogP contribution in [0.5, 0.6) is 5.75 Å². The van der Waals surface area contributed by atoms with Gasteiger partial charge in [0, 0.05) is 11.0 Å². The van der Waals surface area contributed by atoms with Crippen molar-refractivity contribution in [2.45, 2.75) is 13.8 Å². The molecule has 20 heavy (non-hydrogen) atoms. The second-order valence-corrected chi connectivity index (χ2v) is 5.17. The maximum Gasteiger partial charge on any atom is 0.492 e. The molecule has 0 spiro atoms. The van der Waals surface area contributed by atoms with Gasteiger partial charge in [0.25, 0.3) is 0 Å². The average Bonchev–Trinajstić information content (AvgIpc) is 2.45. The first-order valence-corrected chi connectivity index (χ1v) is 6.77. The van der Waals surface area contributed by atoms with Crippen LogP contribution >= 0.6 is 0 Å². The summed E-state index contributed by atoms with van der Waals surface area (Å²) in [4.78, 5) is 0. The highest BCUT2D eigenvalue weighted by atomic mass is 16.5. The second-order valence-electron chi connectivity index (χ2n) is 5.17. The Bertz CT molecular complexity index is 553. The van der Waals surface area contributed by atoms with Crippen LogP contribution in [0.15, 0.2) is 48.5 Å². The molecule has 2 aromatic rings. The molecule has 0 radical (unpaired) electrons. The van der Waals surface area contributed by atoms with Gasteiger partial charge in [0.2, 0.25) is 0 Å². The van der Waals surface area contributed by atoms with Crippen molar-refractivity contribution in [2.75, 3.05) is 6.61 Å². The minimum atomic E-state index is -1.54. The predicted octanol–water partition coefficient (Wildman–Crippen LogP) is 2.07. The molecule has 2 rings (SSSR count). The Morgan fingerprint density at radius 1 is 1.00 bits per heavy atom. The summed E-state index contributed by atoms with van der Waals surface area (Å²) in [6, 6.07) is 15.2. The molecule has 2 N–H and O–H groups in total. The summed E-state index contributed by atoms with van der Waals surface area (Å²) in [5, 5.41) is 19.0. The molecule has 0 aliphatic rings. The van der Waals surface area contributed by atoms with Crippen molar-refractivity contribution >= 4 is 12.6 Å². The molecule has 0 aliphatic carbocycles. The minimum absolute atomic E-state index is 0.363. The molecule has 0 atom stereocenters. The van der Waals surface area contributed by atoms with E-state index in [0.29, 0.717) is 23.7 Å². The molecule has 0 bridgehead atoms. The van der Waals surface area contributed by atoms with Crippen LogP contribution in [0.2, 0.25) is 0 Å². The van der Waals surface area contributed by atoms with Crippen LogP contribution in [0.4, 0.5) is 0 Å². The Kier molecular flexibility index (Phi) is 4.82. The molecule has 0 heterocycles. The van der Waals surface area contributed by atoms with Gasteiger partial charge >= 0.3 is 7.12 Å². The first-order valence-electron chi connectivity index (χ1n) is 6.77. The Morgan fingerprint density at radius 3 is 2.30 bits per heavy atom. The van der Waals surface area contributed by atoms with Crippen LogP contribution in [-0.2, 0) is 0 Å². The Labute approximate surface area is 120 Å². The van der Waals surface area contributed by atoms with Crippen molar-refractivity contribution in [3.63, 3.8) is 0 Å². The summed E-state index contributed by atoms with van der Waals surface area (Å²) in [7, 11) is -1.54. The standard InChI is InChI=1S/C16H19BO3/c1-12(2)11-20-16-14(13-7-4-3-5-8-13)9-6-10-15(16)17(18)19/h3-10,12,18-19H,11H2,1-2H3. The van der Waals surface area contributed by atoms with Gasteiger partial charge in [-0.15, -0.1) is 0 Å². The van der Waals surface area contributed by atoms with Gasteiger partial charge in [-0.3, -0.25) is 0 Å². The van der Waals surface area contributed by atoms with Gasteiger partial charge in [-0.25, -0.2) is 0 Å². The molecule has 0 saturated heterocycles. The van der Waals surface area contributed by atoms with Gasteiger partial charge < -0.3 is 14.8 Å². The van der Waals surface area contributed by atoms with E-state index in [1.807, 2.05) is 36.4 Å². The molecule has 0 unspecified atom stereocenters. The number of para-hydroxylation sites is 1. The van der Waals surface area contributed by atoms with Crippen molar-refractivity contribution in [1.29, 1.82) is 0 Å². The zero-order valence-electron chi connectivity index (χ0n) is 11.8. The molecule has 0 saturated carbocycles. The Morgan fingerprint density at radius 2 is 1.70 bits per heavy atom. The number of benzene rings is 2. The lowest BCUT2D eigenvalue weighted by molar-refractivity contribution is 0.273. The fourth-order valence-electron chi connectivity index (χ4n) is 2.01. The SMILES string of the molecule is CC(C)COc1c(B(O)O)cccc1-c1ccccc1. The Hall–Kier alpha value is -1.78. The maximum absolute atomic E-state index is 9.52. The normalized spacial score (nSPS) is 10.7. The van der Waals surface area contributed by atoms with Gasteiger partial charge in [-0.1, -0.05) is 62.4 Å². The zero-order valence-corrected chi connectivity index (χ0v) is 11.8. The van der Waals surface area contributed by atoms with Gasteiger partial charge in [0.05, 0.1) is 6.61 Å². The van der Waals surface area contributed by atoms with E-state index >= 15 is 0 Å². The summed E-state index contributed by atoms with van der Waals surface area (Å²) in [6.45, 7) is 4.64. The highest BCUT2D eigenvalue weighted by Crippen LogP contribution is 2.28. The lowest BCUT2D eigenvalue weighted by atomic mass is 9.78. The van der Waals surface area contributed by atoms with Crippen LogP contribution in [0.3, 0.4) is 0 Å². The highest BCUT2D eigenvalue weighted by Gasteiger charge is 2.20. The molecule has 0 aliphatic heterocycles. The summed E-state index contributed by atoms with van der Waals surface area (Å²) in [6.07, 6.45) is 0. The molecule has 0 fully saturated rings.